The van der Waals surface area contributed by atoms with Crippen LogP contribution < -0.4 is 11.1 Å². The van der Waals surface area contributed by atoms with Crippen LogP contribution in [0.2, 0.25) is 0 Å². The maximum Gasteiger partial charge on any atom is 0.234 e. The smallest absolute Gasteiger partial charge is 0.234 e. The number of carbonyl (C=O) groups is 1. The highest BCUT2D eigenvalue weighted by molar-refractivity contribution is 7.99. The van der Waals surface area contributed by atoms with Gasteiger partial charge in [0, 0.05) is 11.1 Å². The zero-order valence-corrected chi connectivity index (χ0v) is 11.5. The quantitative estimate of drug-likeness (QED) is 0.612. The molecule has 2 rings (SSSR count). The molecule has 0 aliphatic heterocycles. The lowest BCUT2D eigenvalue weighted by Gasteiger charge is -2.11. The molecule has 1 atom stereocenters. The summed E-state index contributed by atoms with van der Waals surface area (Å²) in [4.78, 5) is 19.6. The number of benzene rings is 1. The van der Waals surface area contributed by atoms with Crippen molar-refractivity contribution in [2.45, 2.75) is 17.5 Å². The number of carbonyl (C=O) groups excluding carboxylic acids is 1. The van der Waals surface area contributed by atoms with Crippen LogP contribution in [0.5, 0.6) is 0 Å². The van der Waals surface area contributed by atoms with Gasteiger partial charge in [-0.3, -0.25) is 4.79 Å². The van der Waals surface area contributed by atoms with Gasteiger partial charge in [0.15, 0.2) is 0 Å². The van der Waals surface area contributed by atoms with Gasteiger partial charge < -0.3 is 11.1 Å². The van der Waals surface area contributed by atoms with E-state index in [-0.39, 0.29) is 11.9 Å². The lowest BCUT2D eigenvalue weighted by molar-refractivity contribution is -0.119. The van der Waals surface area contributed by atoms with E-state index in [1.165, 1.54) is 0 Å². The second-order valence-corrected chi connectivity index (χ2v) is 5.16. The number of amides is 1. The molecule has 0 aliphatic rings. The highest BCUT2D eigenvalue weighted by atomic mass is 32.2. The first-order valence-corrected chi connectivity index (χ1v) is 7.00. The number of para-hydroxylation sites is 1. The van der Waals surface area contributed by atoms with Gasteiger partial charge in [0.05, 0.1) is 11.6 Å². The van der Waals surface area contributed by atoms with Crippen LogP contribution in [0.1, 0.15) is 6.42 Å². The molecule has 1 aromatic carbocycles. The molecule has 0 fully saturated rings. The van der Waals surface area contributed by atoms with Crippen LogP contribution >= 0.6 is 11.8 Å². The van der Waals surface area contributed by atoms with Crippen LogP contribution in [-0.4, -0.2) is 34.7 Å². The summed E-state index contributed by atoms with van der Waals surface area (Å²) in [5, 5.41) is 4.88. The minimum Gasteiger partial charge on any atom is -0.368 e. The first-order valence-electron chi connectivity index (χ1n) is 6.01. The van der Waals surface area contributed by atoms with E-state index in [0.717, 1.165) is 21.7 Å². The zero-order valence-electron chi connectivity index (χ0n) is 10.7. The lowest BCUT2D eigenvalue weighted by Crippen LogP contribution is -2.39. The van der Waals surface area contributed by atoms with Crippen molar-refractivity contribution in [2.75, 3.05) is 12.8 Å². The number of nitrogens with one attached hydrogen (secondary N) is 1. The number of likely N-dealkylation sites (N-methyl/N-ethyl adjacent to an activating group) is 1. The summed E-state index contributed by atoms with van der Waals surface area (Å²) in [6.45, 7) is 0. The Hall–Kier alpha value is -1.66. The molecule has 1 heterocycles. The van der Waals surface area contributed by atoms with Crippen LogP contribution in [0.4, 0.5) is 0 Å². The first-order chi connectivity index (χ1) is 9.22. The van der Waals surface area contributed by atoms with E-state index in [9.17, 15) is 4.79 Å². The van der Waals surface area contributed by atoms with Gasteiger partial charge >= 0.3 is 0 Å². The first kappa shape index (κ1) is 13.8. The third-order valence-electron chi connectivity index (χ3n) is 2.84. The predicted octanol–water partition coefficient (Wildman–Crippen LogP) is 1.19. The van der Waals surface area contributed by atoms with Crippen molar-refractivity contribution < 1.29 is 4.79 Å². The van der Waals surface area contributed by atoms with Crippen LogP contribution in [0, 0.1) is 0 Å². The van der Waals surface area contributed by atoms with E-state index in [4.69, 9.17) is 5.73 Å². The zero-order chi connectivity index (χ0) is 13.7. The third-order valence-corrected chi connectivity index (χ3v) is 3.88. The SMILES string of the molecule is CNC(CCSc1ncnc2ccccc12)C(N)=O. The molecule has 0 radical (unpaired) electrons. The Bertz CT molecular complexity index is 570. The van der Waals surface area contributed by atoms with Gasteiger partial charge in [0.2, 0.25) is 5.91 Å². The van der Waals surface area contributed by atoms with E-state index in [1.54, 1.807) is 25.1 Å². The molecule has 1 amide bonds. The van der Waals surface area contributed by atoms with Crippen molar-refractivity contribution in [1.82, 2.24) is 15.3 Å². The largest absolute Gasteiger partial charge is 0.368 e. The fourth-order valence-electron chi connectivity index (χ4n) is 1.80. The summed E-state index contributed by atoms with van der Waals surface area (Å²) >= 11 is 1.61. The van der Waals surface area contributed by atoms with Crippen LogP contribution in [0.3, 0.4) is 0 Å². The molecule has 0 bridgehead atoms. The van der Waals surface area contributed by atoms with Crippen molar-refractivity contribution in [3.63, 3.8) is 0 Å². The Morgan fingerprint density at radius 2 is 2.21 bits per heavy atom. The van der Waals surface area contributed by atoms with Gasteiger partial charge in [-0.05, 0) is 19.5 Å². The Labute approximate surface area is 116 Å². The molecule has 2 aromatic rings. The Morgan fingerprint density at radius 1 is 1.42 bits per heavy atom. The highest BCUT2D eigenvalue weighted by Crippen LogP contribution is 2.24. The molecule has 3 N–H and O–H groups in total. The van der Waals surface area contributed by atoms with Crippen molar-refractivity contribution in [1.29, 1.82) is 0 Å². The molecule has 5 nitrogen and oxygen atoms in total. The number of nitrogens with two attached hydrogens (primary N) is 1. The molecule has 19 heavy (non-hydrogen) atoms. The second kappa shape index (κ2) is 6.49. The average molecular weight is 276 g/mol. The molecule has 0 saturated carbocycles. The Morgan fingerprint density at radius 3 is 2.95 bits per heavy atom. The molecule has 6 heteroatoms. The summed E-state index contributed by atoms with van der Waals surface area (Å²) in [5.41, 5.74) is 6.21. The normalized spacial score (nSPS) is 12.5. The number of hydrogen-bond donors (Lipinski definition) is 2. The topological polar surface area (TPSA) is 80.9 Å². The summed E-state index contributed by atoms with van der Waals surface area (Å²) in [5.74, 6) is 0.450. The second-order valence-electron chi connectivity index (χ2n) is 4.08. The monoisotopic (exact) mass is 276 g/mol. The van der Waals surface area contributed by atoms with Crippen molar-refractivity contribution in [2.24, 2.45) is 5.73 Å². The summed E-state index contributed by atoms with van der Waals surface area (Å²) in [6, 6.07) is 7.59. The number of nitrogens with zero attached hydrogens (tertiary/aromatic N) is 2. The van der Waals surface area contributed by atoms with E-state index >= 15 is 0 Å². The fourth-order valence-corrected chi connectivity index (χ4v) is 2.79. The van der Waals surface area contributed by atoms with E-state index < -0.39 is 0 Å². The Balaban J connectivity index is 2.04. The van der Waals surface area contributed by atoms with Crippen LogP contribution in [0.15, 0.2) is 35.6 Å². The van der Waals surface area contributed by atoms with Crippen molar-refractivity contribution in [3.8, 4) is 0 Å². The van der Waals surface area contributed by atoms with Gasteiger partial charge in [-0.15, -0.1) is 11.8 Å². The molecule has 0 aliphatic carbocycles. The van der Waals surface area contributed by atoms with Gasteiger partial charge in [0.25, 0.3) is 0 Å². The molecule has 0 saturated heterocycles. The summed E-state index contributed by atoms with van der Waals surface area (Å²) in [6.07, 6.45) is 2.24. The average Bonchev–Trinajstić information content (AvgIpc) is 2.43. The van der Waals surface area contributed by atoms with Crippen LogP contribution in [-0.2, 0) is 4.79 Å². The van der Waals surface area contributed by atoms with Crippen molar-refractivity contribution >= 4 is 28.6 Å². The lowest BCUT2D eigenvalue weighted by atomic mass is 10.2. The standard InChI is InChI=1S/C13H16N4OS/c1-15-11(12(14)18)6-7-19-13-9-4-2-3-5-10(9)16-8-17-13/h2-5,8,11,15H,6-7H2,1H3,(H2,14,18). The minimum atomic E-state index is -0.323. The molecule has 0 spiro atoms. The Kier molecular flexibility index (Phi) is 4.70. The van der Waals surface area contributed by atoms with E-state index in [0.29, 0.717) is 6.42 Å². The molecule has 100 valence electrons. The summed E-state index contributed by atoms with van der Waals surface area (Å²) in [7, 11) is 1.74. The minimum absolute atomic E-state index is 0.291. The van der Waals surface area contributed by atoms with Gasteiger partial charge in [-0.1, -0.05) is 18.2 Å². The van der Waals surface area contributed by atoms with E-state index in [2.05, 4.69) is 15.3 Å². The number of hydrogen-bond acceptors (Lipinski definition) is 5. The van der Waals surface area contributed by atoms with Gasteiger partial charge in [-0.2, -0.15) is 0 Å². The molecule has 1 unspecified atom stereocenters. The van der Waals surface area contributed by atoms with Gasteiger partial charge in [0.1, 0.15) is 11.4 Å². The maximum absolute atomic E-state index is 11.1. The summed E-state index contributed by atoms with van der Waals surface area (Å²) < 4.78 is 0. The predicted molar refractivity (Wildman–Crippen MR) is 76.9 cm³/mol. The number of fused-ring (bicyclic) bond motifs is 1. The molecular weight excluding hydrogens is 260 g/mol. The number of rotatable bonds is 6. The number of aromatic nitrogens is 2. The third kappa shape index (κ3) is 3.42. The maximum atomic E-state index is 11.1. The van der Waals surface area contributed by atoms with Crippen LogP contribution in [0.25, 0.3) is 10.9 Å². The molecular formula is C13H16N4OS. The van der Waals surface area contributed by atoms with Crippen molar-refractivity contribution in [3.05, 3.63) is 30.6 Å². The molecule has 1 aromatic heterocycles. The highest BCUT2D eigenvalue weighted by Gasteiger charge is 2.12. The van der Waals surface area contributed by atoms with Gasteiger partial charge in [-0.25, -0.2) is 9.97 Å². The fraction of sp³-hybridized carbons (Fsp3) is 0.308. The number of primary amides is 1. The number of thioether (sulfide) groups is 1. The van der Waals surface area contributed by atoms with E-state index in [1.807, 2.05) is 24.3 Å².